The monoisotopic (exact) mass is 250 g/mol. The Kier molecular flexibility index (Phi) is 3.06. The van der Waals surface area contributed by atoms with Crippen LogP contribution in [0.2, 0.25) is 0 Å². The number of carbonyl (C=O) groups is 1. The van der Waals surface area contributed by atoms with Gasteiger partial charge in [0.2, 0.25) is 0 Å². The van der Waals surface area contributed by atoms with Gasteiger partial charge in [-0.2, -0.15) is 4.98 Å². The number of hydrogen-bond donors (Lipinski definition) is 2. The molecule has 0 saturated carbocycles. The highest BCUT2D eigenvalue weighted by Crippen LogP contribution is 2.26. The van der Waals surface area contributed by atoms with Gasteiger partial charge in [0.05, 0.1) is 10.6 Å². The van der Waals surface area contributed by atoms with E-state index in [1.165, 1.54) is 22.3 Å². The molecule has 2 rings (SSSR count). The Morgan fingerprint density at radius 2 is 2.29 bits per heavy atom. The number of aromatic nitrogens is 2. The predicted molar refractivity (Wildman–Crippen MR) is 64.5 cm³/mol. The molecule has 5 nitrogen and oxygen atoms in total. The molecule has 0 aliphatic carbocycles. The summed E-state index contributed by atoms with van der Waals surface area (Å²) >= 11 is 1.52. The summed E-state index contributed by atoms with van der Waals surface area (Å²) in [5.74, 6) is -1.20. The molecule has 88 valence electrons. The minimum absolute atomic E-state index is 0.241. The van der Waals surface area contributed by atoms with Crippen LogP contribution in [0.5, 0.6) is 0 Å². The van der Waals surface area contributed by atoms with Gasteiger partial charge in [0, 0.05) is 4.88 Å². The standard InChI is InChI=1S/C11H10N2O3S/c1-2-6-3-4-9(17-6)7-5-8(10(14)15)13-11(16)12-7/h3-5H,2H2,1H3,(H,14,15)(H,12,13,16). The smallest absolute Gasteiger partial charge is 0.354 e. The minimum atomic E-state index is -1.20. The molecule has 17 heavy (non-hydrogen) atoms. The Morgan fingerprint density at radius 1 is 1.53 bits per heavy atom. The molecule has 0 aliphatic heterocycles. The largest absolute Gasteiger partial charge is 0.477 e. The van der Waals surface area contributed by atoms with Crippen molar-refractivity contribution in [2.75, 3.05) is 0 Å². The summed E-state index contributed by atoms with van der Waals surface area (Å²) in [4.78, 5) is 30.0. The average molecular weight is 250 g/mol. The molecule has 2 aromatic rings. The summed E-state index contributed by atoms with van der Waals surface area (Å²) < 4.78 is 0. The normalized spacial score (nSPS) is 10.4. The van der Waals surface area contributed by atoms with Crippen molar-refractivity contribution in [3.8, 4) is 10.6 Å². The van der Waals surface area contributed by atoms with Gasteiger partial charge < -0.3 is 10.1 Å². The Bertz CT molecular complexity index is 615. The van der Waals surface area contributed by atoms with Gasteiger partial charge in [-0.25, -0.2) is 9.59 Å². The van der Waals surface area contributed by atoms with E-state index in [4.69, 9.17) is 5.11 Å². The van der Waals surface area contributed by atoms with E-state index in [-0.39, 0.29) is 5.69 Å². The summed E-state index contributed by atoms with van der Waals surface area (Å²) in [5, 5.41) is 8.82. The molecule has 0 radical (unpaired) electrons. The summed E-state index contributed by atoms with van der Waals surface area (Å²) in [7, 11) is 0. The molecule has 0 bridgehead atoms. The highest BCUT2D eigenvalue weighted by molar-refractivity contribution is 7.15. The first kappa shape index (κ1) is 11.5. The third-order valence-corrected chi connectivity index (χ3v) is 3.50. The summed E-state index contributed by atoms with van der Waals surface area (Å²) in [6.07, 6.45) is 0.909. The molecule has 0 aliphatic rings. The molecule has 0 atom stereocenters. The lowest BCUT2D eigenvalue weighted by molar-refractivity contribution is 0.0690. The Labute approximate surface area is 101 Å². The van der Waals surface area contributed by atoms with Crippen LogP contribution in [-0.2, 0) is 6.42 Å². The maximum absolute atomic E-state index is 11.2. The van der Waals surface area contributed by atoms with Crippen molar-refractivity contribution >= 4 is 17.3 Å². The van der Waals surface area contributed by atoms with Gasteiger partial charge in [0.25, 0.3) is 0 Å². The van der Waals surface area contributed by atoms with E-state index in [0.717, 1.165) is 11.3 Å². The van der Waals surface area contributed by atoms with Gasteiger partial charge >= 0.3 is 11.7 Å². The van der Waals surface area contributed by atoms with Crippen LogP contribution >= 0.6 is 11.3 Å². The molecule has 0 unspecified atom stereocenters. The van der Waals surface area contributed by atoms with Crippen molar-refractivity contribution in [1.82, 2.24) is 9.97 Å². The van der Waals surface area contributed by atoms with Crippen LogP contribution in [0, 0.1) is 0 Å². The number of nitrogens with one attached hydrogen (secondary N) is 1. The maximum Gasteiger partial charge on any atom is 0.354 e. The number of nitrogens with zero attached hydrogens (tertiary/aromatic N) is 1. The number of aromatic carboxylic acids is 1. The second-order valence-electron chi connectivity index (χ2n) is 3.41. The number of hydrogen-bond acceptors (Lipinski definition) is 4. The molecule has 0 aromatic carbocycles. The number of thiophene rings is 1. The molecule has 2 aromatic heterocycles. The topological polar surface area (TPSA) is 83.0 Å². The van der Waals surface area contributed by atoms with Crippen molar-refractivity contribution in [2.45, 2.75) is 13.3 Å². The van der Waals surface area contributed by atoms with Crippen LogP contribution in [0.15, 0.2) is 23.0 Å². The number of aromatic amines is 1. The van der Waals surface area contributed by atoms with Crippen molar-refractivity contribution in [2.24, 2.45) is 0 Å². The van der Waals surface area contributed by atoms with E-state index in [0.29, 0.717) is 5.69 Å². The molecule has 0 saturated heterocycles. The highest BCUT2D eigenvalue weighted by atomic mass is 32.1. The van der Waals surface area contributed by atoms with Crippen LogP contribution in [0.25, 0.3) is 10.6 Å². The second-order valence-corrected chi connectivity index (χ2v) is 4.58. The fourth-order valence-corrected chi connectivity index (χ4v) is 2.33. The number of H-pyrrole nitrogens is 1. The summed E-state index contributed by atoms with van der Waals surface area (Å²) in [6, 6.07) is 5.19. The molecule has 0 spiro atoms. The first-order valence-electron chi connectivity index (χ1n) is 5.04. The quantitative estimate of drug-likeness (QED) is 0.869. The number of carboxylic acids is 1. The third-order valence-electron chi connectivity index (χ3n) is 2.24. The van der Waals surface area contributed by atoms with E-state index >= 15 is 0 Å². The summed E-state index contributed by atoms with van der Waals surface area (Å²) in [6.45, 7) is 2.04. The van der Waals surface area contributed by atoms with Gasteiger partial charge in [-0.15, -0.1) is 11.3 Å². The fourth-order valence-electron chi connectivity index (χ4n) is 1.41. The Morgan fingerprint density at radius 3 is 2.88 bits per heavy atom. The second kappa shape index (κ2) is 4.50. The minimum Gasteiger partial charge on any atom is -0.477 e. The van der Waals surface area contributed by atoms with Crippen LogP contribution in [-0.4, -0.2) is 21.0 Å². The van der Waals surface area contributed by atoms with Crippen LogP contribution < -0.4 is 5.69 Å². The predicted octanol–water partition coefficient (Wildman–Crippen LogP) is 1.76. The number of rotatable bonds is 3. The molecule has 0 amide bonds. The van der Waals surface area contributed by atoms with Crippen LogP contribution in [0.1, 0.15) is 22.3 Å². The van der Waals surface area contributed by atoms with Crippen molar-refractivity contribution in [3.05, 3.63) is 39.3 Å². The lowest BCUT2D eigenvalue weighted by Crippen LogP contribution is -2.16. The van der Waals surface area contributed by atoms with Gasteiger partial charge in [0.15, 0.2) is 5.69 Å². The van der Waals surface area contributed by atoms with Gasteiger partial charge in [-0.1, -0.05) is 6.92 Å². The maximum atomic E-state index is 11.2. The van der Waals surface area contributed by atoms with E-state index in [2.05, 4.69) is 9.97 Å². The molecular formula is C11H10N2O3S. The molecule has 2 heterocycles. The lowest BCUT2D eigenvalue weighted by atomic mass is 10.3. The van der Waals surface area contributed by atoms with Crippen LogP contribution in [0.4, 0.5) is 0 Å². The molecule has 0 fully saturated rings. The van der Waals surface area contributed by atoms with E-state index in [1.807, 2.05) is 19.1 Å². The molecule has 2 N–H and O–H groups in total. The first-order chi connectivity index (χ1) is 8.10. The van der Waals surface area contributed by atoms with E-state index in [9.17, 15) is 9.59 Å². The van der Waals surface area contributed by atoms with Crippen molar-refractivity contribution in [3.63, 3.8) is 0 Å². The fraction of sp³-hybridized carbons (Fsp3) is 0.182. The highest BCUT2D eigenvalue weighted by Gasteiger charge is 2.10. The number of carboxylic acid groups (broad SMARTS) is 1. The average Bonchev–Trinajstić information content (AvgIpc) is 2.76. The Balaban J connectivity index is 2.51. The Hall–Kier alpha value is -1.95. The van der Waals surface area contributed by atoms with Crippen LogP contribution in [0.3, 0.4) is 0 Å². The van der Waals surface area contributed by atoms with E-state index in [1.54, 1.807) is 0 Å². The molecular weight excluding hydrogens is 240 g/mol. The third kappa shape index (κ3) is 2.42. The lowest BCUT2D eigenvalue weighted by Gasteiger charge is -1.98. The zero-order chi connectivity index (χ0) is 12.4. The van der Waals surface area contributed by atoms with Gasteiger partial charge in [-0.3, -0.25) is 0 Å². The van der Waals surface area contributed by atoms with Crippen molar-refractivity contribution < 1.29 is 9.90 Å². The van der Waals surface area contributed by atoms with Gasteiger partial charge in [0.1, 0.15) is 0 Å². The zero-order valence-electron chi connectivity index (χ0n) is 9.06. The molecule has 6 heteroatoms. The van der Waals surface area contributed by atoms with Gasteiger partial charge in [-0.05, 0) is 24.6 Å². The number of aryl methyl sites for hydroxylation is 1. The summed E-state index contributed by atoms with van der Waals surface area (Å²) in [5.41, 5.74) is -0.395. The zero-order valence-corrected chi connectivity index (χ0v) is 9.87. The van der Waals surface area contributed by atoms with E-state index < -0.39 is 11.7 Å². The SMILES string of the molecule is CCc1ccc(-c2cc(C(=O)O)nc(=O)[nH]2)s1. The first-order valence-corrected chi connectivity index (χ1v) is 5.85. The van der Waals surface area contributed by atoms with Crippen molar-refractivity contribution in [1.29, 1.82) is 0 Å².